The third-order valence-electron chi connectivity index (χ3n) is 4.87. The molecule has 0 aromatic rings. The molecule has 0 aromatic carbocycles. The number of likely N-dealkylation sites (tertiary alicyclic amines) is 1. The first kappa shape index (κ1) is 13.4. The molecule has 17 heavy (non-hydrogen) atoms. The molecule has 2 fully saturated rings. The standard InChI is InChI=1S/C15H29NO/c1-3-4-13-5-6-15(17)14(11-13)16-9-7-12(2)8-10-16/h12-15,17H,3-11H2,1-2H3. The van der Waals surface area contributed by atoms with Crippen LogP contribution in [0.5, 0.6) is 0 Å². The highest BCUT2D eigenvalue weighted by molar-refractivity contribution is 4.88. The summed E-state index contributed by atoms with van der Waals surface area (Å²) in [7, 11) is 0. The summed E-state index contributed by atoms with van der Waals surface area (Å²) in [6.45, 7) is 7.06. The van der Waals surface area contributed by atoms with E-state index >= 15 is 0 Å². The van der Waals surface area contributed by atoms with Crippen LogP contribution in [0.4, 0.5) is 0 Å². The molecule has 1 aliphatic heterocycles. The topological polar surface area (TPSA) is 23.5 Å². The summed E-state index contributed by atoms with van der Waals surface area (Å²) >= 11 is 0. The molecule has 3 atom stereocenters. The Hall–Kier alpha value is -0.0800. The Morgan fingerprint density at radius 1 is 1.12 bits per heavy atom. The van der Waals surface area contributed by atoms with Crippen LogP contribution in [0.2, 0.25) is 0 Å². The van der Waals surface area contributed by atoms with Gasteiger partial charge in [-0.15, -0.1) is 0 Å². The molecule has 0 amide bonds. The fourth-order valence-electron chi connectivity index (χ4n) is 3.64. The molecule has 1 heterocycles. The third kappa shape index (κ3) is 3.45. The van der Waals surface area contributed by atoms with Gasteiger partial charge in [0.15, 0.2) is 0 Å². The van der Waals surface area contributed by atoms with Gasteiger partial charge in [-0.1, -0.05) is 26.7 Å². The SMILES string of the molecule is CCCC1CCC(O)C(N2CCC(C)CC2)C1. The molecule has 0 bridgehead atoms. The highest BCUT2D eigenvalue weighted by Crippen LogP contribution is 2.32. The van der Waals surface area contributed by atoms with Gasteiger partial charge in [0.05, 0.1) is 6.10 Å². The zero-order chi connectivity index (χ0) is 12.3. The molecule has 2 nitrogen and oxygen atoms in total. The van der Waals surface area contributed by atoms with Crippen LogP contribution in [0.3, 0.4) is 0 Å². The largest absolute Gasteiger partial charge is 0.391 e. The maximum Gasteiger partial charge on any atom is 0.0695 e. The van der Waals surface area contributed by atoms with E-state index in [-0.39, 0.29) is 6.10 Å². The van der Waals surface area contributed by atoms with Crippen LogP contribution < -0.4 is 0 Å². The minimum absolute atomic E-state index is 0.0588. The zero-order valence-corrected chi connectivity index (χ0v) is 11.6. The number of hydrogen-bond donors (Lipinski definition) is 1. The van der Waals surface area contributed by atoms with E-state index in [9.17, 15) is 5.11 Å². The van der Waals surface area contributed by atoms with Gasteiger partial charge in [0.25, 0.3) is 0 Å². The number of rotatable bonds is 3. The van der Waals surface area contributed by atoms with Crippen LogP contribution >= 0.6 is 0 Å². The van der Waals surface area contributed by atoms with E-state index < -0.39 is 0 Å². The quantitative estimate of drug-likeness (QED) is 0.818. The van der Waals surface area contributed by atoms with Gasteiger partial charge < -0.3 is 5.11 Å². The van der Waals surface area contributed by atoms with E-state index in [4.69, 9.17) is 0 Å². The monoisotopic (exact) mass is 239 g/mol. The number of piperidine rings is 1. The van der Waals surface area contributed by atoms with Gasteiger partial charge in [-0.25, -0.2) is 0 Å². The Bertz CT molecular complexity index is 223. The van der Waals surface area contributed by atoms with Crippen molar-refractivity contribution in [3.63, 3.8) is 0 Å². The lowest BCUT2D eigenvalue weighted by Gasteiger charge is -2.43. The lowest BCUT2D eigenvalue weighted by Crippen LogP contribution is -2.50. The van der Waals surface area contributed by atoms with Crippen molar-refractivity contribution in [3.05, 3.63) is 0 Å². The van der Waals surface area contributed by atoms with Crippen LogP contribution in [0.1, 0.15) is 58.8 Å². The molecule has 100 valence electrons. The van der Waals surface area contributed by atoms with Crippen molar-refractivity contribution < 1.29 is 5.11 Å². The lowest BCUT2D eigenvalue weighted by atomic mass is 9.80. The maximum absolute atomic E-state index is 10.2. The van der Waals surface area contributed by atoms with Crippen LogP contribution in [0.25, 0.3) is 0 Å². The van der Waals surface area contributed by atoms with Crippen molar-refractivity contribution in [1.29, 1.82) is 0 Å². The first-order valence-corrected chi connectivity index (χ1v) is 7.62. The zero-order valence-electron chi connectivity index (χ0n) is 11.6. The molecule has 3 unspecified atom stereocenters. The summed E-state index contributed by atoms with van der Waals surface area (Å²) in [6, 6.07) is 0.466. The first-order chi connectivity index (χ1) is 8.20. The van der Waals surface area contributed by atoms with Crippen LogP contribution in [-0.2, 0) is 0 Å². The van der Waals surface area contributed by atoms with Gasteiger partial charge in [-0.05, 0) is 57.0 Å². The second-order valence-corrected chi connectivity index (χ2v) is 6.32. The van der Waals surface area contributed by atoms with Gasteiger partial charge in [-0.3, -0.25) is 4.90 Å². The van der Waals surface area contributed by atoms with E-state index in [1.54, 1.807) is 0 Å². The summed E-state index contributed by atoms with van der Waals surface area (Å²) in [6.07, 6.45) is 8.75. The van der Waals surface area contributed by atoms with Crippen molar-refractivity contribution in [2.24, 2.45) is 11.8 Å². The van der Waals surface area contributed by atoms with Gasteiger partial charge in [-0.2, -0.15) is 0 Å². The summed E-state index contributed by atoms with van der Waals surface area (Å²) < 4.78 is 0. The molecular formula is C15H29NO. The molecule has 0 radical (unpaired) electrons. The summed E-state index contributed by atoms with van der Waals surface area (Å²) in [5.41, 5.74) is 0. The van der Waals surface area contributed by atoms with Gasteiger partial charge in [0.1, 0.15) is 0 Å². The van der Waals surface area contributed by atoms with Crippen LogP contribution in [0, 0.1) is 11.8 Å². The maximum atomic E-state index is 10.2. The van der Waals surface area contributed by atoms with Gasteiger partial charge in [0.2, 0.25) is 0 Å². The molecule has 1 saturated heterocycles. The Morgan fingerprint density at radius 2 is 1.82 bits per heavy atom. The smallest absolute Gasteiger partial charge is 0.0695 e. The lowest BCUT2D eigenvalue weighted by molar-refractivity contribution is -0.0110. The second kappa shape index (κ2) is 6.19. The number of aliphatic hydroxyl groups is 1. The molecular weight excluding hydrogens is 210 g/mol. The van der Waals surface area contributed by atoms with Crippen molar-refractivity contribution in [2.45, 2.75) is 70.9 Å². The van der Waals surface area contributed by atoms with E-state index in [1.165, 1.54) is 51.6 Å². The number of nitrogens with zero attached hydrogens (tertiary/aromatic N) is 1. The van der Waals surface area contributed by atoms with E-state index in [0.29, 0.717) is 6.04 Å². The van der Waals surface area contributed by atoms with E-state index in [1.807, 2.05) is 0 Å². The van der Waals surface area contributed by atoms with Crippen molar-refractivity contribution >= 4 is 0 Å². The van der Waals surface area contributed by atoms with E-state index in [2.05, 4.69) is 18.7 Å². The molecule has 2 heteroatoms. The fourth-order valence-corrected chi connectivity index (χ4v) is 3.64. The molecule has 0 spiro atoms. The molecule has 1 saturated carbocycles. The van der Waals surface area contributed by atoms with Gasteiger partial charge in [0, 0.05) is 6.04 Å². The Balaban J connectivity index is 1.88. The Labute approximate surface area is 106 Å². The van der Waals surface area contributed by atoms with Crippen molar-refractivity contribution in [1.82, 2.24) is 4.90 Å². The van der Waals surface area contributed by atoms with Gasteiger partial charge >= 0.3 is 0 Å². The highest BCUT2D eigenvalue weighted by atomic mass is 16.3. The minimum Gasteiger partial charge on any atom is -0.391 e. The Kier molecular flexibility index (Phi) is 4.87. The average Bonchev–Trinajstić information content (AvgIpc) is 2.33. The minimum atomic E-state index is -0.0588. The third-order valence-corrected chi connectivity index (χ3v) is 4.87. The predicted molar refractivity (Wildman–Crippen MR) is 72.0 cm³/mol. The van der Waals surface area contributed by atoms with Crippen molar-refractivity contribution in [2.75, 3.05) is 13.1 Å². The fraction of sp³-hybridized carbons (Fsp3) is 1.00. The molecule has 1 N–H and O–H groups in total. The number of hydrogen-bond acceptors (Lipinski definition) is 2. The second-order valence-electron chi connectivity index (χ2n) is 6.32. The summed E-state index contributed by atoms with van der Waals surface area (Å²) in [4.78, 5) is 2.58. The van der Waals surface area contributed by atoms with Crippen LogP contribution in [0.15, 0.2) is 0 Å². The first-order valence-electron chi connectivity index (χ1n) is 7.62. The van der Waals surface area contributed by atoms with Crippen LogP contribution in [-0.4, -0.2) is 35.2 Å². The Morgan fingerprint density at radius 3 is 2.47 bits per heavy atom. The molecule has 1 aliphatic carbocycles. The molecule has 0 aromatic heterocycles. The highest BCUT2D eigenvalue weighted by Gasteiger charge is 2.34. The number of aliphatic hydroxyl groups excluding tert-OH is 1. The average molecular weight is 239 g/mol. The van der Waals surface area contributed by atoms with E-state index in [0.717, 1.165) is 18.3 Å². The predicted octanol–water partition coefficient (Wildman–Crippen LogP) is 3.05. The normalized spacial score (nSPS) is 37.2. The van der Waals surface area contributed by atoms with Crippen molar-refractivity contribution in [3.8, 4) is 0 Å². The molecule has 2 rings (SSSR count). The summed E-state index contributed by atoms with van der Waals surface area (Å²) in [5, 5.41) is 10.2. The molecule has 2 aliphatic rings. The summed E-state index contributed by atoms with van der Waals surface area (Å²) in [5.74, 6) is 1.76.